The number of hydrogen-bond donors (Lipinski definition) is 1. The molecule has 0 aromatic heterocycles. The number of rotatable bonds is 3. The van der Waals surface area contributed by atoms with Gasteiger partial charge in [-0.15, -0.1) is 0 Å². The van der Waals surface area contributed by atoms with E-state index in [1.54, 1.807) is 0 Å². The van der Waals surface area contributed by atoms with Gasteiger partial charge in [-0.2, -0.15) is 0 Å². The molecule has 2 rings (SSSR count). The molecule has 0 spiro atoms. The third-order valence-corrected chi connectivity index (χ3v) is 4.92. The molecule has 100 valence electrons. The van der Waals surface area contributed by atoms with E-state index in [0.717, 1.165) is 31.0 Å². The maximum atomic E-state index is 5.52. The van der Waals surface area contributed by atoms with Gasteiger partial charge in [0.1, 0.15) is 0 Å². The molecule has 0 radical (unpaired) electrons. The molecule has 0 aromatic rings. The molecule has 2 fully saturated rings. The van der Waals surface area contributed by atoms with Crippen molar-refractivity contribution in [2.24, 2.45) is 23.2 Å². The molecule has 0 aromatic carbocycles. The summed E-state index contributed by atoms with van der Waals surface area (Å²) >= 11 is 0. The highest BCUT2D eigenvalue weighted by atomic mass is 16.5. The van der Waals surface area contributed by atoms with Gasteiger partial charge < -0.3 is 10.1 Å². The zero-order chi connectivity index (χ0) is 12.3. The highest BCUT2D eigenvalue weighted by Gasteiger charge is 2.38. The van der Waals surface area contributed by atoms with Gasteiger partial charge in [0.15, 0.2) is 0 Å². The quantitative estimate of drug-likeness (QED) is 0.817. The monoisotopic (exact) mass is 239 g/mol. The maximum absolute atomic E-state index is 5.52. The lowest BCUT2D eigenvalue weighted by Gasteiger charge is -2.45. The molecule has 0 bridgehead atoms. The first kappa shape index (κ1) is 13.4. The molecule has 1 heterocycles. The summed E-state index contributed by atoms with van der Waals surface area (Å²) in [4.78, 5) is 0. The lowest BCUT2D eigenvalue weighted by atomic mass is 9.62. The summed E-state index contributed by atoms with van der Waals surface area (Å²) in [6.45, 7) is 8.10. The summed E-state index contributed by atoms with van der Waals surface area (Å²) in [5.41, 5.74) is 0.563. The normalized spacial score (nSPS) is 34.8. The fourth-order valence-corrected chi connectivity index (χ4v) is 3.91. The third-order valence-electron chi connectivity index (χ3n) is 4.92. The third kappa shape index (κ3) is 3.45. The predicted octanol–water partition coefficient (Wildman–Crippen LogP) is 3.07. The van der Waals surface area contributed by atoms with Gasteiger partial charge in [-0.05, 0) is 68.9 Å². The van der Waals surface area contributed by atoms with Crippen LogP contribution in [-0.4, -0.2) is 26.8 Å². The van der Waals surface area contributed by atoms with Crippen LogP contribution < -0.4 is 5.32 Å². The molecule has 17 heavy (non-hydrogen) atoms. The van der Waals surface area contributed by atoms with E-state index in [2.05, 4.69) is 26.2 Å². The molecule has 1 saturated carbocycles. The van der Waals surface area contributed by atoms with Crippen LogP contribution in [0.3, 0.4) is 0 Å². The molecule has 2 aliphatic rings. The second kappa shape index (κ2) is 5.71. The van der Waals surface area contributed by atoms with Crippen molar-refractivity contribution < 1.29 is 4.74 Å². The van der Waals surface area contributed by atoms with Gasteiger partial charge in [-0.25, -0.2) is 0 Å². The Morgan fingerprint density at radius 2 is 1.88 bits per heavy atom. The Balaban J connectivity index is 2.01. The lowest BCUT2D eigenvalue weighted by Crippen LogP contribution is -2.40. The molecular weight excluding hydrogens is 210 g/mol. The fraction of sp³-hybridized carbons (Fsp3) is 1.00. The Morgan fingerprint density at radius 1 is 1.18 bits per heavy atom. The summed E-state index contributed by atoms with van der Waals surface area (Å²) in [5.74, 6) is 2.74. The van der Waals surface area contributed by atoms with E-state index in [9.17, 15) is 0 Å². The molecule has 2 atom stereocenters. The maximum Gasteiger partial charge on any atom is 0.0468 e. The van der Waals surface area contributed by atoms with Gasteiger partial charge in [0.05, 0.1) is 0 Å². The van der Waals surface area contributed by atoms with E-state index in [-0.39, 0.29) is 0 Å². The summed E-state index contributed by atoms with van der Waals surface area (Å²) in [7, 11) is 2.10. The van der Waals surface area contributed by atoms with Gasteiger partial charge in [-0.1, -0.05) is 13.8 Å². The van der Waals surface area contributed by atoms with Crippen molar-refractivity contribution in [3.05, 3.63) is 0 Å². The first-order valence-electron chi connectivity index (χ1n) is 7.35. The van der Waals surface area contributed by atoms with Crippen molar-refractivity contribution in [3.8, 4) is 0 Å². The summed E-state index contributed by atoms with van der Waals surface area (Å²) in [6, 6.07) is 0. The molecule has 2 nitrogen and oxygen atoms in total. The predicted molar refractivity (Wildman–Crippen MR) is 72.1 cm³/mol. The number of hydrogen-bond acceptors (Lipinski definition) is 2. The summed E-state index contributed by atoms with van der Waals surface area (Å²) < 4.78 is 5.52. The molecule has 1 N–H and O–H groups in total. The smallest absolute Gasteiger partial charge is 0.0468 e. The SMILES string of the molecule is CNCC1CCC(C)(C)CC1C1CCOCC1. The summed E-state index contributed by atoms with van der Waals surface area (Å²) in [5, 5.41) is 3.40. The van der Waals surface area contributed by atoms with Crippen LogP contribution in [0.5, 0.6) is 0 Å². The minimum absolute atomic E-state index is 0.563. The minimum Gasteiger partial charge on any atom is -0.381 e. The van der Waals surface area contributed by atoms with E-state index in [1.807, 2.05) is 0 Å². The average Bonchev–Trinajstić information content (AvgIpc) is 2.32. The van der Waals surface area contributed by atoms with Crippen LogP contribution in [0.2, 0.25) is 0 Å². The van der Waals surface area contributed by atoms with E-state index in [0.29, 0.717) is 5.41 Å². The first-order chi connectivity index (χ1) is 8.12. The van der Waals surface area contributed by atoms with Crippen LogP contribution in [0.25, 0.3) is 0 Å². The highest BCUT2D eigenvalue weighted by Crippen LogP contribution is 2.46. The van der Waals surface area contributed by atoms with Crippen molar-refractivity contribution >= 4 is 0 Å². The standard InChI is InChI=1S/C15H29NO/c1-15(2)7-4-13(11-16-3)14(10-15)12-5-8-17-9-6-12/h12-14,16H,4-11H2,1-3H3. The Labute approximate surface area is 107 Å². The van der Waals surface area contributed by atoms with Crippen LogP contribution in [0, 0.1) is 23.2 Å². The van der Waals surface area contributed by atoms with E-state index in [4.69, 9.17) is 4.74 Å². The Hall–Kier alpha value is -0.0800. The summed E-state index contributed by atoms with van der Waals surface area (Å²) in [6.07, 6.45) is 6.82. The first-order valence-corrected chi connectivity index (χ1v) is 7.35. The zero-order valence-electron chi connectivity index (χ0n) is 11.8. The number of nitrogens with one attached hydrogen (secondary N) is 1. The van der Waals surface area contributed by atoms with E-state index < -0.39 is 0 Å². The molecule has 2 unspecified atom stereocenters. The average molecular weight is 239 g/mol. The minimum atomic E-state index is 0.563. The van der Waals surface area contributed by atoms with Crippen LogP contribution in [0.15, 0.2) is 0 Å². The highest BCUT2D eigenvalue weighted by molar-refractivity contribution is 4.89. The van der Waals surface area contributed by atoms with Crippen LogP contribution in [0.1, 0.15) is 46.0 Å². The molecular formula is C15H29NO. The molecule has 2 heteroatoms. The van der Waals surface area contributed by atoms with Crippen molar-refractivity contribution in [2.75, 3.05) is 26.8 Å². The number of ether oxygens (including phenoxy) is 1. The molecule has 1 aliphatic heterocycles. The Kier molecular flexibility index (Phi) is 4.48. The molecule has 1 saturated heterocycles. The molecule has 1 aliphatic carbocycles. The van der Waals surface area contributed by atoms with Gasteiger partial charge >= 0.3 is 0 Å². The Morgan fingerprint density at radius 3 is 2.53 bits per heavy atom. The second-order valence-corrected chi connectivity index (χ2v) is 6.84. The fourth-order valence-electron chi connectivity index (χ4n) is 3.91. The van der Waals surface area contributed by atoms with Gasteiger partial charge in [0.25, 0.3) is 0 Å². The Bertz CT molecular complexity index is 228. The van der Waals surface area contributed by atoms with E-state index >= 15 is 0 Å². The second-order valence-electron chi connectivity index (χ2n) is 6.84. The lowest BCUT2D eigenvalue weighted by molar-refractivity contribution is 0.00120. The van der Waals surface area contributed by atoms with Crippen molar-refractivity contribution in [1.29, 1.82) is 0 Å². The van der Waals surface area contributed by atoms with Gasteiger partial charge in [0, 0.05) is 13.2 Å². The van der Waals surface area contributed by atoms with Crippen molar-refractivity contribution in [2.45, 2.75) is 46.0 Å². The van der Waals surface area contributed by atoms with Crippen molar-refractivity contribution in [1.82, 2.24) is 5.32 Å². The zero-order valence-corrected chi connectivity index (χ0v) is 11.8. The van der Waals surface area contributed by atoms with Crippen LogP contribution >= 0.6 is 0 Å². The topological polar surface area (TPSA) is 21.3 Å². The van der Waals surface area contributed by atoms with Crippen molar-refractivity contribution in [3.63, 3.8) is 0 Å². The van der Waals surface area contributed by atoms with Crippen LogP contribution in [-0.2, 0) is 4.74 Å². The van der Waals surface area contributed by atoms with E-state index in [1.165, 1.54) is 38.6 Å². The van der Waals surface area contributed by atoms with Gasteiger partial charge in [-0.3, -0.25) is 0 Å². The van der Waals surface area contributed by atoms with Gasteiger partial charge in [0.2, 0.25) is 0 Å². The molecule has 0 amide bonds. The largest absolute Gasteiger partial charge is 0.381 e. The van der Waals surface area contributed by atoms with Crippen LogP contribution in [0.4, 0.5) is 0 Å².